The van der Waals surface area contributed by atoms with E-state index in [4.69, 9.17) is 0 Å². The standard InChI is InChI=1S/C14H20N2O/c17-14-10-16(9-11-4-2-1-3-5-11)13-8-15-7-6-12(13)14/h1-5,12-15,17H,6-10H2/t12-,13-,14?/m1/s1. The van der Waals surface area contributed by atoms with Crippen LogP contribution in [-0.4, -0.2) is 41.8 Å². The first kappa shape index (κ1) is 11.2. The minimum absolute atomic E-state index is 0.134. The van der Waals surface area contributed by atoms with Crippen molar-refractivity contribution in [3.05, 3.63) is 35.9 Å². The maximum atomic E-state index is 10.1. The number of benzene rings is 1. The summed E-state index contributed by atoms with van der Waals surface area (Å²) in [5, 5.41) is 13.5. The number of hydrogen-bond donors (Lipinski definition) is 2. The molecule has 0 aliphatic carbocycles. The van der Waals surface area contributed by atoms with Crippen molar-refractivity contribution in [2.24, 2.45) is 5.92 Å². The zero-order valence-electron chi connectivity index (χ0n) is 10.0. The van der Waals surface area contributed by atoms with Crippen LogP contribution in [0.5, 0.6) is 0 Å². The molecule has 0 bridgehead atoms. The fourth-order valence-corrected chi connectivity index (χ4v) is 3.22. The summed E-state index contributed by atoms with van der Waals surface area (Å²) in [5.74, 6) is 0.472. The van der Waals surface area contributed by atoms with E-state index in [1.54, 1.807) is 0 Å². The minimum Gasteiger partial charge on any atom is -0.391 e. The molecule has 1 aromatic rings. The number of nitrogens with zero attached hydrogens (tertiary/aromatic N) is 1. The molecule has 2 N–H and O–H groups in total. The number of piperidine rings is 1. The topological polar surface area (TPSA) is 35.5 Å². The summed E-state index contributed by atoms with van der Waals surface area (Å²) in [4.78, 5) is 2.43. The van der Waals surface area contributed by atoms with E-state index in [0.717, 1.165) is 32.6 Å². The molecule has 3 atom stereocenters. The highest BCUT2D eigenvalue weighted by Gasteiger charge is 2.41. The number of β-amino-alcohol motifs (C(OH)–C–C–N with tert-alkyl or cyclic N) is 1. The van der Waals surface area contributed by atoms with Gasteiger partial charge in [0.1, 0.15) is 0 Å². The summed E-state index contributed by atoms with van der Waals surface area (Å²) in [6.07, 6.45) is 0.975. The number of aliphatic hydroxyl groups excluding tert-OH is 1. The van der Waals surface area contributed by atoms with Crippen LogP contribution in [-0.2, 0) is 6.54 Å². The Kier molecular flexibility index (Phi) is 3.14. The lowest BCUT2D eigenvalue weighted by molar-refractivity contribution is 0.123. The van der Waals surface area contributed by atoms with Gasteiger partial charge in [0, 0.05) is 31.6 Å². The molecule has 2 heterocycles. The van der Waals surface area contributed by atoms with Crippen molar-refractivity contribution < 1.29 is 5.11 Å². The number of fused-ring (bicyclic) bond motifs is 1. The van der Waals surface area contributed by atoms with Gasteiger partial charge >= 0.3 is 0 Å². The largest absolute Gasteiger partial charge is 0.391 e. The maximum absolute atomic E-state index is 10.1. The van der Waals surface area contributed by atoms with E-state index in [1.165, 1.54) is 5.56 Å². The molecule has 1 unspecified atom stereocenters. The zero-order chi connectivity index (χ0) is 11.7. The van der Waals surface area contributed by atoms with Gasteiger partial charge < -0.3 is 10.4 Å². The van der Waals surface area contributed by atoms with Crippen LogP contribution in [0.4, 0.5) is 0 Å². The summed E-state index contributed by atoms with van der Waals surface area (Å²) >= 11 is 0. The molecule has 2 fully saturated rings. The Morgan fingerprint density at radius 3 is 2.94 bits per heavy atom. The van der Waals surface area contributed by atoms with E-state index < -0.39 is 0 Å². The van der Waals surface area contributed by atoms with Crippen LogP contribution in [0.1, 0.15) is 12.0 Å². The quantitative estimate of drug-likeness (QED) is 0.793. The first-order valence-electron chi connectivity index (χ1n) is 6.51. The number of likely N-dealkylation sites (tertiary alicyclic amines) is 1. The van der Waals surface area contributed by atoms with Crippen LogP contribution in [0.3, 0.4) is 0 Å². The lowest BCUT2D eigenvalue weighted by atomic mass is 9.91. The smallest absolute Gasteiger partial charge is 0.0711 e. The van der Waals surface area contributed by atoms with Crippen molar-refractivity contribution in [3.8, 4) is 0 Å². The molecule has 3 heteroatoms. The molecule has 3 rings (SSSR count). The van der Waals surface area contributed by atoms with Gasteiger partial charge in [0.2, 0.25) is 0 Å². The summed E-state index contributed by atoms with van der Waals surface area (Å²) in [7, 11) is 0. The molecule has 92 valence electrons. The Labute approximate surface area is 102 Å². The second-order valence-corrected chi connectivity index (χ2v) is 5.21. The maximum Gasteiger partial charge on any atom is 0.0711 e. The molecule has 0 saturated carbocycles. The van der Waals surface area contributed by atoms with Crippen LogP contribution in [0.15, 0.2) is 30.3 Å². The predicted octanol–water partition coefficient (Wildman–Crippen LogP) is 0.841. The molecule has 17 heavy (non-hydrogen) atoms. The molecule has 0 spiro atoms. The SMILES string of the molecule is OC1CN(Cc2ccccc2)[C@@H]2CNCC[C@@H]12. The number of hydrogen-bond acceptors (Lipinski definition) is 3. The third-order valence-corrected chi connectivity index (χ3v) is 4.12. The third-order valence-electron chi connectivity index (χ3n) is 4.12. The fraction of sp³-hybridized carbons (Fsp3) is 0.571. The normalized spacial score (nSPS) is 33.6. The van der Waals surface area contributed by atoms with E-state index in [-0.39, 0.29) is 6.10 Å². The molecule has 2 aliphatic heterocycles. The lowest BCUT2D eigenvalue weighted by Crippen LogP contribution is -2.46. The van der Waals surface area contributed by atoms with Gasteiger partial charge in [-0.05, 0) is 18.5 Å². The van der Waals surface area contributed by atoms with Gasteiger partial charge in [-0.2, -0.15) is 0 Å². The Hall–Kier alpha value is -0.900. The Morgan fingerprint density at radius 1 is 1.29 bits per heavy atom. The summed E-state index contributed by atoms with van der Waals surface area (Å²) < 4.78 is 0. The number of aliphatic hydroxyl groups is 1. The molecular weight excluding hydrogens is 212 g/mol. The molecule has 1 aromatic carbocycles. The third kappa shape index (κ3) is 2.23. The summed E-state index contributed by atoms with van der Waals surface area (Å²) in [6, 6.07) is 11.1. The molecule has 3 nitrogen and oxygen atoms in total. The van der Waals surface area contributed by atoms with Crippen LogP contribution in [0.25, 0.3) is 0 Å². The molecule has 2 saturated heterocycles. The minimum atomic E-state index is -0.134. The van der Waals surface area contributed by atoms with E-state index in [1.807, 2.05) is 6.07 Å². The van der Waals surface area contributed by atoms with Crippen LogP contribution < -0.4 is 5.32 Å². The van der Waals surface area contributed by atoms with Crippen molar-refractivity contribution in [2.75, 3.05) is 19.6 Å². The fourth-order valence-electron chi connectivity index (χ4n) is 3.22. The molecule has 0 aromatic heterocycles. The lowest BCUT2D eigenvalue weighted by Gasteiger charge is -2.32. The van der Waals surface area contributed by atoms with E-state index in [0.29, 0.717) is 12.0 Å². The van der Waals surface area contributed by atoms with Crippen molar-refractivity contribution >= 4 is 0 Å². The second kappa shape index (κ2) is 4.77. The van der Waals surface area contributed by atoms with Crippen molar-refractivity contribution in [2.45, 2.75) is 25.1 Å². The van der Waals surface area contributed by atoms with Crippen LogP contribution in [0, 0.1) is 5.92 Å². The number of rotatable bonds is 2. The van der Waals surface area contributed by atoms with Gasteiger partial charge in [-0.15, -0.1) is 0 Å². The Balaban J connectivity index is 1.71. The molecule has 0 radical (unpaired) electrons. The molecule has 2 aliphatic rings. The average molecular weight is 232 g/mol. The van der Waals surface area contributed by atoms with Crippen molar-refractivity contribution in [1.82, 2.24) is 10.2 Å². The first-order chi connectivity index (χ1) is 8.34. The highest BCUT2D eigenvalue weighted by Crippen LogP contribution is 2.30. The average Bonchev–Trinajstić information content (AvgIpc) is 2.69. The highest BCUT2D eigenvalue weighted by atomic mass is 16.3. The van der Waals surface area contributed by atoms with E-state index in [2.05, 4.69) is 34.5 Å². The monoisotopic (exact) mass is 232 g/mol. The molecular formula is C14H20N2O. The van der Waals surface area contributed by atoms with Crippen molar-refractivity contribution in [3.63, 3.8) is 0 Å². The highest BCUT2D eigenvalue weighted by molar-refractivity contribution is 5.15. The van der Waals surface area contributed by atoms with Gasteiger partial charge in [0.05, 0.1) is 6.10 Å². The zero-order valence-corrected chi connectivity index (χ0v) is 10.0. The van der Waals surface area contributed by atoms with Gasteiger partial charge in [-0.3, -0.25) is 4.90 Å². The summed E-state index contributed by atoms with van der Waals surface area (Å²) in [6.45, 7) is 3.86. The first-order valence-corrected chi connectivity index (χ1v) is 6.51. The number of nitrogens with one attached hydrogen (secondary N) is 1. The van der Waals surface area contributed by atoms with Crippen molar-refractivity contribution in [1.29, 1.82) is 0 Å². The van der Waals surface area contributed by atoms with Gasteiger partial charge in [0.25, 0.3) is 0 Å². The Bertz CT molecular complexity index is 368. The summed E-state index contributed by atoms with van der Waals surface area (Å²) in [5.41, 5.74) is 1.34. The van der Waals surface area contributed by atoms with Gasteiger partial charge in [-0.1, -0.05) is 30.3 Å². The molecule has 0 amide bonds. The van der Waals surface area contributed by atoms with E-state index in [9.17, 15) is 5.11 Å². The van der Waals surface area contributed by atoms with Crippen LogP contribution in [0.2, 0.25) is 0 Å². The predicted molar refractivity (Wildman–Crippen MR) is 67.6 cm³/mol. The van der Waals surface area contributed by atoms with Crippen LogP contribution >= 0.6 is 0 Å². The van der Waals surface area contributed by atoms with Gasteiger partial charge in [0.15, 0.2) is 0 Å². The van der Waals surface area contributed by atoms with E-state index >= 15 is 0 Å². The second-order valence-electron chi connectivity index (χ2n) is 5.21. The van der Waals surface area contributed by atoms with Gasteiger partial charge in [-0.25, -0.2) is 0 Å². The Morgan fingerprint density at radius 2 is 2.12 bits per heavy atom.